The SMILES string of the molecule is CCCC1CCN(C(=O)N[C@H](CO)C(=O)O)C1. The van der Waals surface area contributed by atoms with Gasteiger partial charge in [0.1, 0.15) is 0 Å². The van der Waals surface area contributed by atoms with Crippen LogP contribution in [-0.2, 0) is 4.79 Å². The monoisotopic (exact) mass is 244 g/mol. The van der Waals surface area contributed by atoms with E-state index in [1.807, 2.05) is 0 Å². The van der Waals surface area contributed by atoms with Gasteiger partial charge in [-0.15, -0.1) is 0 Å². The number of carbonyl (C=O) groups is 2. The Labute approximate surface area is 101 Å². The lowest BCUT2D eigenvalue weighted by molar-refractivity contribution is -0.140. The number of urea groups is 1. The van der Waals surface area contributed by atoms with E-state index in [-0.39, 0.29) is 0 Å². The molecule has 1 aliphatic rings. The Bertz CT molecular complexity index is 283. The van der Waals surface area contributed by atoms with Gasteiger partial charge in [0.25, 0.3) is 0 Å². The summed E-state index contributed by atoms with van der Waals surface area (Å²) in [5.41, 5.74) is 0. The van der Waals surface area contributed by atoms with E-state index in [4.69, 9.17) is 10.2 Å². The maximum absolute atomic E-state index is 11.7. The van der Waals surface area contributed by atoms with E-state index < -0.39 is 24.6 Å². The first-order valence-corrected chi connectivity index (χ1v) is 5.97. The number of nitrogens with zero attached hydrogens (tertiary/aromatic N) is 1. The number of nitrogens with one attached hydrogen (secondary N) is 1. The van der Waals surface area contributed by atoms with Crippen LogP contribution in [0.2, 0.25) is 0 Å². The average Bonchev–Trinajstić information content (AvgIpc) is 2.74. The van der Waals surface area contributed by atoms with Gasteiger partial charge in [-0.3, -0.25) is 0 Å². The molecule has 0 bridgehead atoms. The van der Waals surface area contributed by atoms with Crippen molar-refractivity contribution < 1.29 is 19.8 Å². The Morgan fingerprint density at radius 1 is 1.53 bits per heavy atom. The van der Waals surface area contributed by atoms with Crippen molar-refractivity contribution in [3.8, 4) is 0 Å². The van der Waals surface area contributed by atoms with Gasteiger partial charge in [0.2, 0.25) is 0 Å². The van der Waals surface area contributed by atoms with Gasteiger partial charge in [-0.05, 0) is 18.8 Å². The number of amides is 2. The molecule has 1 fully saturated rings. The molecule has 0 aromatic rings. The van der Waals surface area contributed by atoms with Gasteiger partial charge in [-0.25, -0.2) is 9.59 Å². The fraction of sp³-hybridized carbons (Fsp3) is 0.818. The lowest BCUT2D eigenvalue weighted by Crippen LogP contribution is -2.48. The van der Waals surface area contributed by atoms with E-state index in [1.165, 1.54) is 0 Å². The summed E-state index contributed by atoms with van der Waals surface area (Å²) in [5, 5.41) is 19.8. The minimum absolute atomic E-state index is 0.398. The molecule has 6 nitrogen and oxygen atoms in total. The molecular weight excluding hydrogens is 224 g/mol. The molecule has 0 aromatic heterocycles. The third-order valence-electron chi connectivity index (χ3n) is 3.05. The third-order valence-corrected chi connectivity index (χ3v) is 3.05. The smallest absolute Gasteiger partial charge is 0.328 e. The number of hydrogen-bond donors (Lipinski definition) is 3. The van der Waals surface area contributed by atoms with Gasteiger partial charge in [0.05, 0.1) is 6.61 Å². The summed E-state index contributed by atoms with van der Waals surface area (Å²) < 4.78 is 0. The summed E-state index contributed by atoms with van der Waals surface area (Å²) in [6.45, 7) is 2.86. The predicted octanol–water partition coefficient (Wildman–Crippen LogP) is 0.263. The summed E-state index contributed by atoms with van der Waals surface area (Å²) in [7, 11) is 0. The quantitative estimate of drug-likeness (QED) is 0.647. The molecular formula is C11H20N2O4. The molecule has 1 unspecified atom stereocenters. The summed E-state index contributed by atoms with van der Waals surface area (Å²) in [6, 6.07) is -1.61. The second-order valence-corrected chi connectivity index (χ2v) is 4.41. The fourth-order valence-electron chi connectivity index (χ4n) is 2.09. The van der Waals surface area contributed by atoms with Crippen molar-refractivity contribution in [1.82, 2.24) is 10.2 Å². The molecule has 0 radical (unpaired) electrons. The van der Waals surface area contributed by atoms with Crippen molar-refractivity contribution in [3.63, 3.8) is 0 Å². The Hall–Kier alpha value is -1.30. The van der Waals surface area contributed by atoms with Gasteiger partial charge in [-0.1, -0.05) is 13.3 Å². The van der Waals surface area contributed by atoms with E-state index in [1.54, 1.807) is 4.90 Å². The van der Waals surface area contributed by atoms with Crippen molar-refractivity contribution in [1.29, 1.82) is 0 Å². The summed E-state index contributed by atoms with van der Waals surface area (Å²) in [4.78, 5) is 24.0. The number of aliphatic hydroxyl groups is 1. The molecule has 3 N–H and O–H groups in total. The van der Waals surface area contributed by atoms with Crippen LogP contribution in [0.1, 0.15) is 26.2 Å². The lowest BCUT2D eigenvalue weighted by Gasteiger charge is -2.20. The Kier molecular flexibility index (Phi) is 5.21. The molecule has 0 saturated carbocycles. The topological polar surface area (TPSA) is 89.9 Å². The Morgan fingerprint density at radius 2 is 2.24 bits per heavy atom. The molecule has 98 valence electrons. The number of rotatable bonds is 5. The number of carboxylic acids is 1. The minimum Gasteiger partial charge on any atom is -0.480 e. The van der Waals surface area contributed by atoms with Crippen molar-refractivity contribution in [2.75, 3.05) is 19.7 Å². The highest BCUT2D eigenvalue weighted by Gasteiger charge is 2.28. The van der Waals surface area contributed by atoms with Crippen LogP contribution in [0.5, 0.6) is 0 Å². The first kappa shape index (κ1) is 13.8. The summed E-state index contributed by atoms with van der Waals surface area (Å²) in [6.07, 6.45) is 3.15. The number of carboxylic acid groups (broad SMARTS) is 1. The molecule has 0 spiro atoms. The highest BCUT2D eigenvalue weighted by molar-refractivity contribution is 5.82. The molecule has 1 rings (SSSR count). The van der Waals surface area contributed by atoms with E-state index in [9.17, 15) is 9.59 Å². The van der Waals surface area contributed by atoms with Gasteiger partial charge in [-0.2, -0.15) is 0 Å². The van der Waals surface area contributed by atoms with E-state index >= 15 is 0 Å². The van der Waals surface area contributed by atoms with Gasteiger partial charge in [0, 0.05) is 13.1 Å². The predicted molar refractivity (Wildman–Crippen MR) is 61.6 cm³/mol. The van der Waals surface area contributed by atoms with Crippen molar-refractivity contribution in [2.45, 2.75) is 32.2 Å². The van der Waals surface area contributed by atoms with Gasteiger partial charge in [0.15, 0.2) is 6.04 Å². The number of carbonyl (C=O) groups excluding carboxylic acids is 1. The first-order valence-electron chi connectivity index (χ1n) is 5.97. The zero-order chi connectivity index (χ0) is 12.8. The second-order valence-electron chi connectivity index (χ2n) is 4.41. The van der Waals surface area contributed by atoms with Crippen LogP contribution in [0.25, 0.3) is 0 Å². The largest absolute Gasteiger partial charge is 0.480 e. The van der Waals surface area contributed by atoms with Crippen LogP contribution in [-0.4, -0.2) is 52.9 Å². The summed E-state index contributed by atoms with van der Waals surface area (Å²) >= 11 is 0. The molecule has 17 heavy (non-hydrogen) atoms. The van der Waals surface area contributed by atoms with E-state index in [0.717, 1.165) is 19.3 Å². The van der Waals surface area contributed by atoms with E-state index in [0.29, 0.717) is 19.0 Å². The molecule has 2 amide bonds. The fourth-order valence-corrected chi connectivity index (χ4v) is 2.09. The zero-order valence-electron chi connectivity index (χ0n) is 10.1. The van der Waals surface area contributed by atoms with Crippen LogP contribution in [0.3, 0.4) is 0 Å². The molecule has 0 aliphatic carbocycles. The average molecular weight is 244 g/mol. The molecule has 1 saturated heterocycles. The summed E-state index contributed by atoms with van der Waals surface area (Å²) in [5.74, 6) is -0.701. The third kappa shape index (κ3) is 3.89. The van der Waals surface area contributed by atoms with Crippen LogP contribution in [0.4, 0.5) is 4.79 Å². The standard InChI is InChI=1S/C11H20N2O4/c1-2-3-8-4-5-13(6-8)11(17)12-9(7-14)10(15)16/h8-9,14H,2-7H2,1H3,(H,12,17)(H,15,16)/t8?,9-/m1/s1. The Morgan fingerprint density at radius 3 is 2.76 bits per heavy atom. The zero-order valence-corrected chi connectivity index (χ0v) is 10.1. The Balaban J connectivity index is 2.41. The number of hydrogen-bond acceptors (Lipinski definition) is 3. The van der Waals surface area contributed by atoms with Gasteiger partial charge < -0.3 is 20.4 Å². The van der Waals surface area contributed by atoms with Crippen LogP contribution < -0.4 is 5.32 Å². The van der Waals surface area contributed by atoms with E-state index in [2.05, 4.69) is 12.2 Å². The first-order chi connectivity index (χ1) is 8.08. The van der Waals surface area contributed by atoms with Crippen molar-refractivity contribution in [3.05, 3.63) is 0 Å². The highest BCUT2D eigenvalue weighted by atomic mass is 16.4. The number of likely N-dealkylation sites (tertiary alicyclic amines) is 1. The van der Waals surface area contributed by atoms with Crippen LogP contribution in [0.15, 0.2) is 0 Å². The molecule has 1 heterocycles. The number of aliphatic hydroxyl groups excluding tert-OH is 1. The van der Waals surface area contributed by atoms with Crippen molar-refractivity contribution in [2.24, 2.45) is 5.92 Å². The lowest BCUT2D eigenvalue weighted by atomic mass is 10.0. The van der Waals surface area contributed by atoms with Crippen LogP contribution >= 0.6 is 0 Å². The minimum atomic E-state index is -1.22. The highest BCUT2D eigenvalue weighted by Crippen LogP contribution is 2.20. The van der Waals surface area contributed by atoms with Crippen LogP contribution in [0, 0.1) is 5.92 Å². The second kappa shape index (κ2) is 6.44. The molecule has 0 aromatic carbocycles. The van der Waals surface area contributed by atoms with Gasteiger partial charge >= 0.3 is 12.0 Å². The normalized spacial score (nSPS) is 21.3. The maximum atomic E-state index is 11.7. The molecule has 6 heteroatoms. The maximum Gasteiger partial charge on any atom is 0.328 e. The number of aliphatic carboxylic acids is 1. The molecule has 2 atom stereocenters. The molecule has 1 aliphatic heterocycles. The van der Waals surface area contributed by atoms with Crippen molar-refractivity contribution >= 4 is 12.0 Å².